The van der Waals surface area contributed by atoms with Crippen molar-refractivity contribution >= 4 is 5.97 Å². The van der Waals surface area contributed by atoms with Crippen molar-refractivity contribution in [3.63, 3.8) is 0 Å². The number of hydrogen-bond acceptors (Lipinski definition) is 4. The molecule has 1 heterocycles. The molecule has 178 valence electrons. The minimum Gasteiger partial charge on any atom is -0.481 e. The number of allylic oxidation sites excluding steroid dienone is 2. The molecule has 1 saturated heterocycles. The van der Waals surface area contributed by atoms with E-state index in [0.29, 0.717) is 31.8 Å². The van der Waals surface area contributed by atoms with E-state index in [0.717, 1.165) is 30.4 Å². The maximum atomic E-state index is 13.6. The van der Waals surface area contributed by atoms with Crippen LogP contribution in [0, 0.1) is 29.0 Å². The van der Waals surface area contributed by atoms with Crippen LogP contribution in [-0.2, 0) is 26.3 Å². The first-order valence-corrected chi connectivity index (χ1v) is 11.8. The van der Waals surface area contributed by atoms with Gasteiger partial charge in [-0.05, 0) is 67.0 Å². The van der Waals surface area contributed by atoms with Gasteiger partial charge >= 0.3 is 5.97 Å². The molecule has 2 aliphatic rings. The summed E-state index contributed by atoms with van der Waals surface area (Å²) in [5, 5.41) is 17.8. The predicted molar refractivity (Wildman–Crippen MR) is 125 cm³/mol. The van der Waals surface area contributed by atoms with Crippen LogP contribution in [0.5, 0.6) is 0 Å². The van der Waals surface area contributed by atoms with E-state index >= 15 is 0 Å². The Bertz CT molecular complexity index is 1040. The third-order valence-corrected chi connectivity index (χ3v) is 7.22. The van der Waals surface area contributed by atoms with E-state index in [2.05, 4.69) is 18.2 Å². The number of fused-ring (bicyclic) bond motifs is 2. The second-order valence-electron chi connectivity index (χ2n) is 9.30. The van der Waals surface area contributed by atoms with Crippen LogP contribution in [0.25, 0.3) is 0 Å². The van der Waals surface area contributed by atoms with Crippen molar-refractivity contribution in [2.24, 2.45) is 11.8 Å². The van der Waals surface area contributed by atoms with Gasteiger partial charge in [0.15, 0.2) is 0 Å². The molecule has 2 bridgehead atoms. The summed E-state index contributed by atoms with van der Waals surface area (Å²) in [7, 11) is 0. The molecule has 1 saturated carbocycles. The Balaban J connectivity index is 1.45. The largest absolute Gasteiger partial charge is 0.481 e. The Morgan fingerprint density at radius 1 is 1.21 bits per heavy atom. The lowest BCUT2D eigenvalue weighted by Crippen LogP contribution is -2.41. The summed E-state index contributed by atoms with van der Waals surface area (Å²) in [6, 6.07) is 16.3. The highest BCUT2D eigenvalue weighted by Gasteiger charge is 2.59. The normalized spacial score (nSPS) is 25.6. The van der Waals surface area contributed by atoms with Gasteiger partial charge in [0, 0.05) is 17.8 Å². The molecule has 5 nitrogen and oxygen atoms in total. The van der Waals surface area contributed by atoms with Crippen molar-refractivity contribution < 1.29 is 23.8 Å². The van der Waals surface area contributed by atoms with Crippen LogP contribution in [0.1, 0.15) is 48.8 Å². The van der Waals surface area contributed by atoms with Crippen molar-refractivity contribution in [3.8, 4) is 6.07 Å². The summed E-state index contributed by atoms with van der Waals surface area (Å²) < 4.78 is 25.9. The maximum absolute atomic E-state index is 13.6. The minimum absolute atomic E-state index is 0.0939. The number of benzene rings is 2. The fourth-order valence-electron chi connectivity index (χ4n) is 5.48. The molecule has 4 atom stereocenters. The Labute approximate surface area is 199 Å². The van der Waals surface area contributed by atoms with Gasteiger partial charge in [0.1, 0.15) is 5.82 Å². The summed E-state index contributed by atoms with van der Waals surface area (Å²) in [4.78, 5) is 10.7. The number of aliphatic carboxylic acids is 1. The Morgan fingerprint density at radius 3 is 2.68 bits per heavy atom. The Kier molecular flexibility index (Phi) is 7.77. The van der Waals surface area contributed by atoms with Gasteiger partial charge in [-0.25, -0.2) is 4.39 Å². The summed E-state index contributed by atoms with van der Waals surface area (Å²) in [5.41, 5.74) is 2.58. The number of unbranched alkanes of at least 4 members (excludes halogenated alkanes) is 1. The zero-order valence-electron chi connectivity index (χ0n) is 19.2. The number of halogens is 1. The summed E-state index contributed by atoms with van der Waals surface area (Å²) >= 11 is 0. The van der Waals surface area contributed by atoms with Crippen LogP contribution in [0.15, 0.2) is 60.7 Å². The molecule has 2 aromatic rings. The number of carboxylic acid groups (broad SMARTS) is 1. The third kappa shape index (κ3) is 5.38. The molecule has 0 amide bonds. The van der Waals surface area contributed by atoms with Gasteiger partial charge in [-0.15, -0.1) is 0 Å². The first-order valence-electron chi connectivity index (χ1n) is 11.8. The van der Waals surface area contributed by atoms with Gasteiger partial charge in [-0.1, -0.05) is 36.4 Å². The number of carbonyl (C=O) groups is 1. The summed E-state index contributed by atoms with van der Waals surface area (Å²) in [6.07, 6.45) is 7.60. The number of nitriles is 1. The molecule has 0 aromatic heterocycles. The minimum atomic E-state index is -0.770. The van der Waals surface area contributed by atoms with Crippen LogP contribution in [0.2, 0.25) is 0 Å². The van der Waals surface area contributed by atoms with Crippen molar-refractivity contribution in [3.05, 3.63) is 83.2 Å². The van der Waals surface area contributed by atoms with E-state index in [1.807, 2.05) is 24.3 Å². The molecule has 1 aliphatic heterocycles. The van der Waals surface area contributed by atoms with E-state index in [4.69, 9.17) is 19.8 Å². The number of carboxylic acids is 1. The van der Waals surface area contributed by atoms with Crippen molar-refractivity contribution in [1.29, 1.82) is 5.26 Å². The van der Waals surface area contributed by atoms with Gasteiger partial charge < -0.3 is 14.6 Å². The molecule has 0 spiro atoms. The van der Waals surface area contributed by atoms with E-state index in [1.165, 1.54) is 12.1 Å². The molecule has 6 heteroatoms. The van der Waals surface area contributed by atoms with Gasteiger partial charge in [0.2, 0.25) is 0 Å². The number of ether oxygens (including phenoxy) is 2. The maximum Gasteiger partial charge on any atom is 0.303 e. The van der Waals surface area contributed by atoms with Gasteiger partial charge in [-0.2, -0.15) is 5.26 Å². The Hall–Kier alpha value is -3.01. The fraction of sp³-hybridized carbons (Fsp3) is 0.429. The van der Waals surface area contributed by atoms with Crippen LogP contribution < -0.4 is 0 Å². The second-order valence-corrected chi connectivity index (χ2v) is 9.30. The van der Waals surface area contributed by atoms with E-state index in [1.54, 1.807) is 12.1 Å². The number of nitrogens with zero attached hydrogens (tertiary/aromatic N) is 1. The molecule has 2 unspecified atom stereocenters. The van der Waals surface area contributed by atoms with Crippen molar-refractivity contribution in [2.45, 2.75) is 50.2 Å². The Morgan fingerprint density at radius 2 is 1.97 bits per heavy atom. The average Bonchev–Trinajstić information content (AvgIpc) is 3.40. The van der Waals surface area contributed by atoms with Crippen LogP contribution in [0.3, 0.4) is 0 Å². The SMILES string of the molecule is N#Cc1ccc(COC[C@@H]2C3CC(c4ccc(F)cc4)(CO3)[C@H]2C/C=C/CCCC(=O)O)cc1. The van der Waals surface area contributed by atoms with Gasteiger partial charge in [0.25, 0.3) is 0 Å². The first-order chi connectivity index (χ1) is 16.5. The highest BCUT2D eigenvalue weighted by molar-refractivity contribution is 5.66. The molecule has 1 N–H and O–H groups in total. The predicted octanol–water partition coefficient (Wildman–Crippen LogP) is 5.39. The summed E-state index contributed by atoms with van der Waals surface area (Å²) in [6.45, 7) is 1.65. The van der Waals surface area contributed by atoms with Crippen molar-refractivity contribution in [2.75, 3.05) is 13.2 Å². The second kappa shape index (κ2) is 10.9. The smallest absolute Gasteiger partial charge is 0.303 e. The molecule has 2 fully saturated rings. The van der Waals surface area contributed by atoms with E-state index in [-0.39, 0.29) is 35.6 Å². The standard InChI is InChI=1S/C28H30FNO4/c29-23-13-11-22(12-14-23)28-15-26(34-19-28)24(25(28)5-3-1-2-4-6-27(31)32)18-33-17-21-9-7-20(16-30)8-10-21/h1,3,7-14,24-26H,2,4-6,15,17-19H2,(H,31,32)/b3-1+/t24-,25-,26?,28?/m0/s1. The monoisotopic (exact) mass is 463 g/mol. The third-order valence-electron chi connectivity index (χ3n) is 7.22. The fourth-order valence-corrected chi connectivity index (χ4v) is 5.48. The molecular weight excluding hydrogens is 433 g/mol. The van der Waals surface area contributed by atoms with Crippen LogP contribution in [0.4, 0.5) is 4.39 Å². The molecule has 0 radical (unpaired) electrons. The topological polar surface area (TPSA) is 79.5 Å². The van der Waals surface area contributed by atoms with E-state index < -0.39 is 5.97 Å². The number of rotatable bonds is 11. The summed E-state index contributed by atoms with van der Waals surface area (Å²) in [5.74, 6) is -0.520. The average molecular weight is 464 g/mol. The zero-order chi connectivity index (χ0) is 24.0. The van der Waals surface area contributed by atoms with Gasteiger partial charge in [-0.3, -0.25) is 4.79 Å². The number of hydrogen-bond donors (Lipinski definition) is 1. The molecule has 2 aromatic carbocycles. The van der Waals surface area contributed by atoms with Crippen LogP contribution >= 0.6 is 0 Å². The van der Waals surface area contributed by atoms with Crippen LogP contribution in [-0.4, -0.2) is 30.4 Å². The highest BCUT2D eigenvalue weighted by Crippen LogP contribution is 2.56. The molecule has 1 aliphatic carbocycles. The highest BCUT2D eigenvalue weighted by atomic mass is 19.1. The molecule has 34 heavy (non-hydrogen) atoms. The van der Waals surface area contributed by atoms with Gasteiger partial charge in [0.05, 0.1) is 37.6 Å². The lowest BCUT2D eigenvalue weighted by atomic mass is 9.69. The quantitative estimate of drug-likeness (QED) is 0.357. The lowest BCUT2D eigenvalue weighted by molar-refractivity contribution is -0.137. The molecule has 4 rings (SSSR count). The van der Waals surface area contributed by atoms with Crippen molar-refractivity contribution in [1.82, 2.24) is 0 Å². The zero-order valence-corrected chi connectivity index (χ0v) is 19.2. The van der Waals surface area contributed by atoms with E-state index in [9.17, 15) is 9.18 Å². The lowest BCUT2D eigenvalue weighted by Gasteiger charge is -2.39. The molecular formula is C28H30FNO4. The first kappa shape index (κ1) is 24.1.